The van der Waals surface area contributed by atoms with Crippen LogP contribution in [0.15, 0.2) is 24.3 Å². The number of nitrogens with zero attached hydrogens (tertiary/aromatic N) is 4. The van der Waals surface area contributed by atoms with Crippen LogP contribution < -0.4 is 15.8 Å². The lowest BCUT2D eigenvalue weighted by Crippen LogP contribution is -2.30. The van der Waals surface area contributed by atoms with Gasteiger partial charge in [0, 0.05) is 37.1 Å². The smallest absolute Gasteiger partial charge is 0.293 e. The largest absolute Gasteiger partial charge is 0.372 e. The van der Waals surface area contributed by atoms with E-state index in [4.69, 9.17) is 0 Å². The van der Waals surface area contributed by atoms with Gasteiger partial charge in [-0.05, 0) is 32.0 Å². The number of aryl methyl sites for hydroxylation is 2. The van der Waals surface area contributed by atoms with Crippen LogP contribution in [0.5, 0.6) is 0 Å². The fraction of sp³-hybridized carbons (Fsp3) is 0.267. The Balaban J connectivity index is 2.17. The normalized spacial score (nSPS) is 10.2. The Labute approximate surface area is 138 Å². The minimum absolute atomic E-state index is 0.143. The number of hydrazine groups is 1. The quantitative estimate of drug-likeness (QED) is 0.635. The Bertz CT molecular complexity index is 771. The highest BCUT2D eigenvalue weighted by atomic mass is 16.6. The molecule has 1 aromatic heterocycles. The fourth-order valence-corrected chi connectivity index (χ4v) is 2.16. The lowest BCUT2D eigenvalue weighted by Gasteiger charge is -2.13. The molecule has 2 rings (SSSR count). The highest BCUT2D eigenvalue weighted by molar-refractivity contribution is 5.96. The molecule has 1 heterocycles. The second-order valence-electron chi connectivity index (χ2n) is 5.41. The number of nitro benzene ring substituents is 1. The van der Waals surface area contributed by atoms with Crippen LogP contribution in [-0.2, 0) is 0 Å². The first-order chi connectivity index (χ1) is 11.3. The van der Waals surface area contributed by atoms with Gasteiger partial charge in [-0.3, -0.25) is 25.8 Å². The maximum absolute atomic E-state index is 12.2. The van der Waals surface area contributed by atoms with Crippen molar-refractivity contribution in [2.45, 2.75) is 13.8 Å². The molecule has 0 bridgehead atoms. The Morgan fingerprint density at radius 1 is 1.17 bits per heavy atom. The van der Waals surface area contributed by atoms with E-state index in [1.807, 2.05) is 13.8 Å². The molecule has 24 heavy (non-hydrogen) atoms. The molecule has 0 saturated heterocycles. The molecule has 0 aliphatic rings. The monoisotopic (exact) mass is 330 g/mol. The third-order valence-electron chi connectivity index (χ3n) is 3.19. The summed E-state index contributed by atoms with van der Waals surface area (Å²) in [4.78, 5) is 32.7. The Morgan fingerprint density at radius 3 is 2.33 bits per heavy atom. The van der Waals surface area contributed by atoms with Crippen molar-refractivity contribution in [2.24, 2.45) is 0 Å². The van der Waals surface area contributed by atoms with Gasteiger partial charge in [-0.1, -0.05) is 0 Å². The highest BCUT2D eigenvalue weighted by Crippen LogP contribution is 2.27. The van der Waals surface area contributed by atoms with E-state index < -0.39 is 10.8 Å². The van der Waals surface area contributed by atoms with E-state index in [1.54, 1.807) is 25.1 Å². The van der Waals surface area contributed by atoms with Gasteiger partial charge in [0.25, 0.3) is 11.6 Å². The van der Waals surface area contributed by atoms with Crippen LogP contribution in [0.3, 0.4) is 0 Å². The third kappa shape index (κ3) is 3.94. The molecule has 0 fully saturated rings. The van der Waals surface area contributed by atoms with Crippen LogP contribution in [0.2, 0.25) is 0 Å². The number of hydrogen-bond donors (Lipinski definition) is 2. The molecule has 2 N–H and O–H groups in total. The molecule has 0 aliphatic heterocycles. The summed E-state index contributed by atoms with van der Waals surface area (Å²) in [5, 5.41) is 11.2. The number of benzene rings is 1. The van der Waals surface area contributed by atoms with Crippen LogP contribution in [-0.4, -0.2) is 34.9 Å². The van der Waals surface area contributed by atoms with Crippen molar-refractivity contribution >= 4 is 23.2 Å². The minimum Gasteiger partial charge on any atom is -0.372 e. The summed E-state index contributed by atoms with van der Waals surface area (Å²) in [7, 11) is 3.39. The zero-order chi connectivity index (χ0) is 17.9. The van der Waals surface area contributed by atoms with E-state index in [1.165, 1.54) is 18.2 Å². The summed E-state index contributed by atoms with van der Waals surface area (Å²) < 4.78 is 0. The summed E-state index contributed by atoms with van der Waals surface area (Å²) in [6.45, 7) is 3.62. The first kappa shape index (κ1) is 17.1. The molecule has 9 nitrogen and oxygen atoms in total. The van der Waals surface area contributed by atoms with Crippen molar-refractivity contribution in [2.75, 3.05) is 24.4 Å². The van der Waals surface area contributed by atoms with Gasteiger partial charge in [-0.2, -0.15) is 0 Å². The molecular weight excluding hydrogens is 312 g/mol. The molecule has 0 spiro atoms. The minimum atomic E-state index is -0.522. The lowest BCUT2D eigenvalue weighted by molar-refractivity contribution is -0.384. The van der Waals surface area contributed by atoms with Crippen LogP contribution in [0.25, 0.3) is 0 Å². The SMILES string of the molecule is Cc1cc(C)nc(NNC(=O)c2ccc(N(C)C)c([N+](=O)[O-])c2)n1. The van der Waals surface area contributed by atoms with Gasteiger partial charge < -0.3 is 4.90 Å². The average molecular weight is 330 g/mol. The van der Waals surface area contributed by atoms with Crippen molar-refractivity contribution in [3.8, 4) is 0 Å². The van der Waals surface area contributed by atoms with Crippen molar-refractivity contribution in [3.05, 3.63) is 51.3 Å². The summed E-state index contributed by atoms with van der Waals surface area (Å²) in [5.41, 5.74) is 6.98. The first-order valence-corrected chi connectivity index (χ1v) is 7.12. The zero-order valence-corrected chi connectivity index (χ0v) is 13.8. The molecule has 2 aromatic rings. The van der Waals surface area contributed by atoms with E-state index in [0.717, 1.165) is 11.4 Å². The molecule has 0 aliphatic carbocycles. The molecule has 0 unspecified atom stereocenters. The van der Waals surface area contributed by atoms with Crippen LogP contribution >= 0.6 is 0 Å². The summed E-state index contributed by atoms with van der Waals surface area (Å²) >= 11 is 0. The van der Waals surface area contributed by atoms with Crippen LogP contribution in [0.4, 0.5) is 17.3 Å². The molecule has 1 aromatic carbocycles. The fourth-order valence-electron chi connectivity index (χ4n) is 2.16. The van der Waals surface area contributed by atoms with Gasteiger partial charge in [0.15, 0.2) is 0 Å². The van der Waals surface area contributed by atoms with Gasteiger partial charge in [0.05, 0.1) is 4.92 Å². The number of carbonyl (C=O) groups excluding carboxylic acids is 1. The van der Waals surface area contributed by atoms with E-state index in [2.05, 4.69) is 20.8 Å². The zero-order valence-electron chi connectivity index (χ0n) is 13.8. The molecular formula is C15H18N6O3. The number of anilines is 2. The van der Waals surface area contributed by atoms with Gasteiger partial charge in [-0.15, -0.1) is 0 Å². The number of hydrogen-bond acceptors (Lipinski definition) is 7. The molecule has 0 atom stereocenters. The second-order valence-corrected chi connectivity index (χ2v) is 5.41. The number of carbonyl (C=O) groups is 1. The first-order valence-electron chi connectivity index (χ1n) is 7.12. The van der Waals surface area contributed by atoms with Gasteiger partial charge in [0.1, 0.15) is 5.69 Å². The summed E-state index contributed by atoms with van der Waals surface area (Å²) in [5.74, 6) is -0.272. The number of aromatic nitrogens is 2. The van der Waals surface area contributed by atoms with E-state index >= 15 is 0 Å². The van der Waals surface area contributed by atoms with Gasteiger partial charge >= 0.3 is 0 Å². The van der Waals surface area contributed by atoms with Crippen molar-refractivity contribution < 1.29 is 9.72 Å². The van der Waals surface area contributed by atoms with Crippen LogP contribution in [0.1, 0.15) is 21.7 Å². The standard InChI is InChI=1S/C15H18N6O3/c1-9-7-10(2)17-15(16-9)19-18-14(22)11-5-6-12(20(3)4)13(8-11)21(23)24/h5-8H,1-4H3,(H,18,22)(H,16,17,19). The Hall–Kier alpha value is -3.23. The molecule has 0 radical (unpaired) electrons. The summed E-state index contributed by atoms with van der Waals surface area (Å²) in [6.07, 6.45) is 0. The number of rotatable bonds is 5. The molecule has 9 heteroatoms. The van der Waals surface area contributed by atoms with Gasteiger partial charge in [0.2, 0.25) is 5.95 Å². The van der Waals surface area contributed by atoms with E-state index in [0.29, 0.717) is 5.69 Å². The number of nitro groups is 1. The lowest BCUT2D eigenvalue weighted by atomic mass is 10.1. The van der Waals surface area contributed by atoms with Gasteiger partial charge in [-0.25, -0.2) is 9.97 Å². The van der Waals surface area contributed by atoms with Crippen molar-refractivity contribution in [1.29, 1.82) is 0 Å². The van der Waals surface area contributed by atoms with E-state index in [9.17, 15) is 14.9 Å². The molecule has 1 amide bonds. The average Bonchev–Trinajstić information content (AvgIpc) is 2.50. The summed E-state index contributed by atoms with van der Waals surface area (Å²) in [6, 6.07) is 6.08. The maximum Gasteiger partial charge on any atom is 0.293 e. The Morgan fingerprint density at radius 2 is 1.79 bits per heavy atom. The maximum atomic E-state index is 12.2. The predicted octanol–water partition coefficient (Wildman–Crippen LogP) is 1.82. The Kier molecular flexibility index (Phi) is 4.93. The molecule has 0 saturated carbocycles. The van der Waals surface area contributed by atoms with Crippen molar-refractivity contribution in [3.63, 3.8) is 0 Å². The number of amides is 1. The molecule has 126 valence electrons. The second kappa shape index (κ2) is 6.90. The van der Waals surface area contributed by atoms with Crippen molar-refractivity contribution in [1.82, 2.24) is 15.4 Å². The van der Waals surface area contributed by atoms with Crippen LogP contribution in [0, 0.1) is 24.0 Å². The third-order valence-corrected chi connectivity index (χ3v) is 3.19. The topological polar surface area (TPSA) is 113 Å². The predicted molar refractivity (Wildman–Crippen MR) is 90.0 cm³/mol. The highest BCUT2D eigenvalue weighted by Gasteiger charge is 2.18. The number of nitrogens with one attached hydrogen (secondary N) is 2. The van der Waals surface area contributed by atoms with E-state index in [-0.39, 0.29) is 17.2 Å².